The van der Waals surface area contributed by atoms with Crippen LogP contribution in [0.5, 0.6) is 11.5 Å². The van der Waals surface area contributed by atoms with Gasteiger partial charge in [-0.3, -0.25) is 4.79 Å². The van der Waals surface area contributed by atoms with E-state index >= 15 is 0 Å². The first-order valence-electron chi connectivity index (χ1n) is 10.1. The highest BCUT2D eigenvalue weighted by Crippen LogP contribution is 2.33. The van der Waals surface area contributed by atoms with Gasteiger partial charge >= 0.3 is 0 Å². The molecule has 0 spiro atoms. The summed E-state index contributed by atoms with van der Waals surface area (Å²) < 4.78 is 11.1. The normalized spacial score (nSPS) is 11.5. The number of ether oxygens (including phenoxy) is 2. The van der Waals surface area contributed by atoms with Gasteiger partial charge in [-0.15, -0.1) is 11.3 Å². The molecule has 0 aliphatic heterocycles. The first-order valence-corrected chi connectivity index (χ1v) is 10.9. The Kier molecular flexibility index (Phi) is 6.61. The highest BCUT2D eigenvalue weighted by molar-refractivity contribution is 7.20. The first-order chi connectivity index (χ1) is 14.2. The van der Waals surface area contributed by atoms with Crippen LogP contribution in [-0.2, 0) is 5.41 Å². The fraction of sp³-hybridized carbons (Fsp3) is 0.435. The van der Waals surface area contributed by atoms with E-state index in [1.165, 1.54) is 11.3 Å². The van der Waals surface area contributed by atoms with E-state index in [4.69, 9.17) is 14.5 Å². The second-order valence-electron chi connectivity index (χ2n) is 8.13. The number of fused-ring (bicyclic) bond motifs is 1. The van der Waals surface area contributed by atoms with Gasteiger partial charge in [-0.2, -0.15) is 0 Å². The molecule has 0 bridgehead atoms. The maximum absolute atomic E-state index is 12.7. The molecule has 0 aliphatic rings. The number of hydrogen-bond donors (Lipinski definition) is 1. The third kappa shape index (κ3) is 4.90. The van der Waals surface area contributed by atoms with E-state index in [2.05, 4.69) is 31.1 Å². The number of carbonyl (C=O) groups is 1. The number of thiophene rings is 1. The van der Waals surface area contributed by atoms with Crippen molar-refractivity contribution in [2.24, 2.45) is 0 Å². The van der Waals surface area contributed by atoms with Gasteiger partial charge in [0.05, 0.1) is 23.7 Å². The van der Waals surface area contributed by atoms with Crippen LogP contribution in [0.2, 0.25) is 0 Å². The number of nitrogens with zero attached hydrogens (tertiary/aromatic N) is 2. The smallest absolute Gasteiger partial charge is 0.261 e. The van der Waals surface area contributed by atoms with E-state index in [1.807, 2.05) is 45.0 Å². The highest BCUT2D eigenvalue weighted by Gasteiger charge is 2.23. The molecule has 0 saturated carbocycles. The van der Waals surface area contributed by atoms with Crippen LogP contribution in [0.15, 0.2) is 24.3 Å². The summed E-state index contributed by atoms with van der Waals surface area (Å²) in [6.45, 7) is 13.6. The second-order valence-corrected chi connectivity index (χ2v) is 9.13. The van der Waals surface area contributed by atoms with Crippen LogP contribution in [0.4, 0.5) is 0 Å². The Bertz CT molecular complexity index is 1040. The van der Waals surface area contributed by atoms with Crippen LogP contribution >= 0.6 is 11.3 Å². The molecule has 0 radical (unpaired) electrons. The average Bonchev–Trinajstić information content (AvgIpc) is 3.03. The zero-order chi connectivity index (χ0) is 21.9. The summed E-state index contributed by atoms with van der Waals surface area (Å²) in [5.74, 6) is 2.24. The molecule has 0 fully saturated rings. The summed E-state index contributed by atoms with van der Waals surface area (Å²) in [7, 11) is 0. The molecule has 2 heterocycles. The van der Waals surface area contributed by atoms with Gasteiger partial charge in [0.2, 0.25) is 0 Å². The predicted octanol–water partition coefficient (Wildman–Crippen LogP) is 4.81. The average molecular weight is 428 g/mol. The maximum atomic E-state index is 12.7. The maximum Gasteiger partial charge on any atom is 0.261 e. The quantitative estimate of drug-likeness (QED) is 0.548. The molecule has 0 atom stereocenters. The van der Waals surface area contributed by atoms with Crippen molar-refractivity contribution in [2.75, 3.05) is 19.8 Å². The van der Waals surface area contributed by atoms with Crippen molar-refractivity contribution in [1.82, 2.24) is 15.3 Å². The van der Waals surface area contributed by atoms with Crippen LogP contribution < -0.4 is 14.8 Å². The third-order valence-electron chi connectivity index (χ3n) is 4.64. The molecule has 0 unspecified atom stereocenters. The van der Waals surface area contributed by atoms with Gasteiger partial charge in [0, 0.05) is 10.8 Å². The molecule has 0 saturated heterocycles. The summed E-state index contributed by atoms with van der Waals surface area (Å²) >= 11 is 1.42. The molecule has 2 aromatic heterocycles. The minimum atomic E-state index is -0.141. The number of nitrogens with one attached hydrogen (secondary N) is 1. The van der Waals surface area contributed by atoms with Crippen LogP contribution in [0, 0.1) is 13.8 Å². The van der Waals surface area contributed by atoms with Crippen molar-refractivity contribution in [1.29, 1.82) is 0 Å². The molecule has 0 aliphatic carbocycles. The van der Waals surface area contributed by atoms with Crippen LogP contribution in [-0.4, -0.2) is 35.6 Å². The number of amides is 1. The minimum Gasteiger partial charge on any atom is -0.494 e. The molecule has 7 heteroatoms. The summed E-state index contributed by atoms with van der Waals surface area (Å²) in [4.78, 5) is 23.7. The Morgan fingerprint density at radius 3 is 2.30 bits per heavy atom. The Balaban J connectivity index is 1.64. The predicted molar refractivity (Wildman–Crippen MR) is 121 cm³/mol. The first kappa shape index (κ1) is 22.0. The number of aromatic nitrogens is 2. The van der Waals surface area contributed by atoms with Gasteiger partial charge in [0.1, 0.15) is 28.8 Å². The topological polar surface area (TPSA) is 73.3 Å². The molecule has 1 aromatic carbocycles. The molecular weight excluding hydrogens is 398 g/mol. The van der Waals surface area contributed by atoms with Crippen LogP contribution in [0.1, 0.15) is 54.4 Å². The second kappa shape index (κ2) is 9.00. The summed E-state index contributed by atoms with van der Waals surface area (Å²) in [5.41, 5.74) is 1.70. The van der Waals surface area contributed by atoms with Crippen molar-refractivity contribution in [3.8, 4) is 11.5 Å². The summed E-state index contributed by atoms with van der Waals surface area (Å²) in [5, 5.41) is 3.92. The lowest BCUT2D eigenvalue weighted by atomic mass is 9.95. The number of carbonyl (C=O) groups excluding carboxylic acids is 1. The zero-order valence-electron chi connectivity index (χ0n) is 18.5. The largest absolute Gasteiger partial charge is 0.494 e. The van der Waals surface area contributed by atoms with Crippen LogP contribution in [0.3, 0.4) is 0 Å². The standard InChI is InChI=1S/C23H29N3O3S/c1-7-28-16-8-10-17(11-9-16)29-13-12-24-20(27)19-14(2)18-15(3)25-22(23(4,5)6)26-21(18)30-19/h8-11H,7,12-13H2,1-6H3,(H,24,27). The van der Waals surface area contributed by atoms with E-state index < -0.39 is 0 Å². The fourth-order valence-electron chi connectivity index (χ4n) is 3.10. The number of rotatable bonds is 7. The molecule has 3 rings (SSSR count). The van der Waals surface area contributed by atoms with Crippen molar-refractivity contribution in [3.63, 3.8) is 0 Å². The fourth-order valence-corrected chi connectivity index (χ4v) is 4.25. The molecule has 1 amide bonds. The lowest BCUT2D eigenvalue weighted by Crippen LogP contribution is -2.27. The van der Waals surface area contributed by atoms with Crippen molar-refractivity contribution >= 4 is 27.5 Å². The Hall–Kier alpha value is -2.67. The van der Waals surface area contributed by atoms with Gasteiger partial charge in [0.15, 0.2) is 0 Å². The summed E-state index contributed by atoms with van der Waals surface area (Å²) in [6.07, 6.45) is 0. The number of aryl methyl sites for hydroxylation is 2. The monoisotopic (exact) mass is 427 g/mol. The molecule has 30 heavy (non-hydrogen) atoms. The molecule has 3 aromatic rings. The van der Waals surface area contributed by atoms with Gasteiger partial charge < -0.3 is 14.8 Å². The van der Waals surface area contributed by atoms with Gasteiger partial charge in [-0.1, -0.05) is 20.8 Å². The van der Waals surface area contributed by atoms with Crippen molar-refractivity contribution < 1.29 is 14.3 Å². The molecule has 6 nitrogen and oxygen atoms in total. The van der Waals surface area contributed by atoms with Gasteiger partial charge in [0.25, 0.3) is 5.91 Å². The van der Waals surface area contributed by atoms with Crippen molar-refractivity contribution in [2.45, 2.75) is 47.0 Å². The summed E-state index contributed by atoms with van der Waals surface area (Å²) in [6, 6.07) is 7.45. The minimum absolute atomic E-state index is 0.109. The van der Waals surface area contributed by atoms with E-state index in [-0.39, 0.29) is 11.3 Å². The molecular formula is C23H29N3O3S. The Labute approximate surface area is 181 Å². The zero-order valence-corrected chi connectivity index (χ0v) is 19.3. The number of benzene rings is 1. The highest BCUT2D eigenvalue weighted by atomic mass is 32.1. The number of hydrogen-bond acceptors (Lipinski definition) is 6. The molecule has 160 valence electrons. The van der Waals surface area contributed by atoms with Gasteiger partial charge in [-0.05, 0) is 50.6 Å². The Morgan fingerprint density at radius 2 is 1.70 bits per heavy atom. The lowest BCUT2D eigenvalue weighted by molar-refractivity contribution is 0.0950. The SMILES string of the molecule is CCOc1ccc(OCCNC(=O)c2sc3nc(C(C)(C)C)nc(C)c3c2C)cc1. The van der Waals surface area contributed by atoms with Crippen LogP contribution in [0.25, 0.3) is 10.2 Å². The van der Waals surface area contributed by atoms with E-state index in [9.17, 15) is 4.79 Å². The van der Waals surface area contributed by atoms with Crippen molar-refractivity contribution in [3.05, 3.63) is 46.2 Å². The Morgan fingerprint density at radius 1 is 1.07 bits per heavy atom. The van der Waals surface area contributed by atoms with E-state index in [0.29, 0.717) is 24.6 Å². The van der Waals surface area contributed by atoms with E-state index in [0.717, 1.165) is 38.8 Å². The van der Waals surface area contributed by atoms with E-state index in [1.54, 1.807) is 0 Å². The van der Waals surface area contributed by atoms with Gasteiger partial charge in [-0.25, -0.2) is 9.97 Å². The lowest BCUT2D eigenvalue weighted by Gasteiger charge is -2.16. The third-order valence-corrected chi connectivity index (χ3v) is 5.82. The molecule has 1 N–H and O–H groups in total.